The highest BCUT2D eigenvalue weighted by Crippen LogP contribution is 2.01. The van der Waals surface area contributed by atoms with Crippen molar-refractivity contribution >= 4 is 35.5 Å². The molecule has 4 unspecified atom stereocenters. The molecule has 0 radical (unpaired) electrons. The highest BCUT2D eigenvalue weighted by Gasteiger charge is 2.27. The standard InChI is InChI=1S/C14H26N4O6S/c1-7(15)12(21)18-11(8(2)19)13(22)16-6-10(20)17-9(14(23)24)4-5-25-3/h7-9,11,19H,4-6,15H2,1-3H3,(H,16,22)(H,17,20)(H,18,21)(H,23,24). The zero-order chi connectivity index (χ0) is 19.6. The topological polar surface area (TPSA) is 171 Å². The van der Waals surface area contributed by atoms with Crippen LogP contribution in [0.3, 0.4) is 0 Å². The lowest BCUT2D eigenvalue weighted by atomic mass is 10.1. The van der Waals surface area contributed by atoms with Gasteiger partial charge < -0.3 is 31.9 Å². The van der Waals surface area contributed by atoms with Crippen molar-refractivity contribution in [1.82, 2.24) is 16.0 Å². The summed E-state index contributed by atoms with van der Waals surface area (Å²) in [4.78, 5) is 46.4. The average Bonchev–Trinajstić information content (AvgIpc) is 2.53. The Morgan fingerprint density at radius 2 is 1.72 bits per heavy atom. The fourth-order valence-corrected chi connectivity index (χ4v) is 2.18. The molecular weight excluding hydrogens is 352 g/mol. The molecular formula is C14H26N4O6S. The van der Waals surface area contributed by atoms with Crippen LogP contribution in [0.1, 0.15) is 20.3 Å². The van der Waals surface area contributed by atoms with E-state index in [1.54, 1.807) is 0 Å². The predicted octanol–water partition coefficient (Wildman–Crippen LogP) is -2.36. The molecule has 0 bridgehead atoms. The number of carboxylic acids is 1. The van der Waals surface area contributed by atoms with E-state index in [0.29, 0.717) is 5.75 Å². The molecule has 0 heterocycles. The van der Waals surface area contributed by atoms with Gasteiger partial charge in [0.05, 0.1) is 18.7 Å². The van der Waals surface area contributed by atoms with E-state index in [2.05, 4.69) is 16.0 Å². The van der Waals surface area contributed by atoms with Gasteiger partial charge in [0.2, 0.25) is 17.7 Å². The van der Waals surface area contributed by atoms with Gasteiger partial charge in [0.15, 0.2) is 0 Å². The smallest absolute Gasteiger partial charge is 0.326 e. The van der Waals surface area contributed by atoms with Crippen molar-refractivity contribution in [3.8, 4) is 0 Å². The molecule has 0 fully saturated rings. The van der Waals surface area contributed by atoms with Crippen LogP contribution in [0.15, 0.2) is 0 Å². The van der Waals surface area contributed by atoms with Crippen LogP contribution in [0.4, 0.5) is 0 Å². The molecule has 0 aliphatic carbocycles. The Kier molecular flexibility index (Phi) is 10.8. The first-order chi connectivity index (χ1) is 11.6. The quantitative estimate of drug-likeness (QED) is 0.232. The summed E-state index contributed by atoms with van der Waals surface area (Å²) in [5, 5.41) is 25.4. The molecule has 0 saturated carbocycles. The highest BCUT2D eigenvalue weighted by atomic mass is 32.2. The third-order valence-corrected chi connectivity index (χ3v) is 3.79. The lowest BCUT2D eigenvalue weighted by Gasteiger charge is -2.22. The largest absolute Gasteiger partial charge is 0.480 e. The van der Waals surface area contributed by atoms with E-state index in [1.165, 1.54) is 25.6 Å². The first kappa shape index (κ1) is 23.1. The van der Waals surface area contributed by atoms with Crippen LogP contribution in [0.5, 0.6) is 0 Å². The van der Waals surface area contributed by atoms with Gasteiger partial charge in [-0.15, -0.1) is 0 Å². The molecule has 0 saturated heterocycles. The molecule has 0 rings (SSSR count). The monoisotopic (exact) mass is 378 g/mol. The fourth-order valence-electron chi connectivity index (χ4n) is 1.71. The van der Waals surface area contributed by atoms with E-state index in [4.69, 9.17) is 10.8 Å². The second-order valence-electron chi connectivity index (χ2n) is 5.47. The Morgan fingerprint density at radius 3 is 2.16 bits per heavy atom. The summed E-state index contributed by atoms with van der Waals surface area (Å²) in [5.74, 6) is -2.72. The average molecular weight is 378 g/mol. The van der Waals surface area contributed by atoms with Crippen molar-refractivity contribution in [3.05, 3.63) is 0 Å². The van der Waals surface area contributed by atoms with E-state index < -0.39 is 54.5 Å². The highest BCUT2D eigenvalue weighted by molar-refractivity contribution is 7.98. The second kappa shape index (κ2) is 11.7. The van der Waals surface area contributed by atoms with Crippen LogP contribution in [0.25, 0.3) is 0 Å². The minimum absolute atomic E-state index is 0.247. The summed E-state index contributed by atoms with van der Waals surface area (Å²) < 4.78 is 0. The molecule has 0 aliphatic rings. The number of carbonyl (C=O) groups is 4. The van der Waals surface area contributed by atoms with E-state index in [1.807, 2.05) is 6.26 Å². The third kappa shape index (κ3) is 9.27. The summed E-state index contributed by atoms with van der Waals surface area (Å²) in [6.07, 6.45) is 0.851. The first-order valence-corrected chi connectivity index (χ1v) is 9.02. The van der Waals surface area contributed by atoms with Crippen molar-refractivity contribution in [2.75, 3.05) is 18.6 Å². The van der Waals surface area contributed by atoms with Crippen LogP contribution in [0, 0.1) is 0 Å². The van der Waals surface area contributed by atoms with Crippen LogP contribution < -0.4 is 21.7 Å². The summed E-state index contributed by atoms with van der Waals surface area (Å²) in [5.41, 5.74) is 5.38. The number of aliphatic hydroxyl groups is 1. The van der Waals surface area contributed by atoms with Gasteiger partial charge in [-0.1, -0.05) is 0 Å². The number of thioether (sulfide) groups is 1. The van der Waals surface area contributed by atoms with Crippen LogP contribution in [-0.2, 0) is 19.2 Å². The Morgan fingerprint density at radius 1 is 1.12 bits per heavy atom. The number of carboxylic acid groups (broad SMARTS) is 1. The molecule has 11 heteroatoms. The third-order valence-electron chi connectivity index (χ3n) is 3.14. The number of aliphatic hydroxyl groups excluding tert-OH is 1. The van der Waals surface area contributed by atoms with Crippen molar-refractivity contribution in [2.45, 2.75) is 44.5 Å². The number of hydrogen-bond acceptors (Lipinski definition) is 7. The molecule has 4 atom stereocenters. The van der Waals surface area contributed by atoms with Gasteiger partial charge in [0.1, 0.15) is 12.1 Å². The predicted molar refractivity (Wildman–Crippen MR) is 92.8 cm³/mol. The minimum Gasteiger partial charge on any atom is -0.480 e. The number of nitrogens with two attached hydrogens (primary N) is 1. The summed E-state index contributed by atoms with van der Waals surface area (Å²) in [6.45, 7) is 2.23. The molecule has 25 heavy (non-hydrogen) atoms. The maximum Gasteiger partial charge on any atom is 0.326 e. The van der Waals surface area contributed by atoms with Crippen molar-refractivity contribution in [2.24, 2.45) is 5.73 Å². The van der Waals surface area contributed by atoms with Crippen LogP contribution in [0.2, 0.25) is 0 Å². The Bertz CT molecular complexity index is 486. The van der Waals surface area contributed by atoms with Gasteiger partial charge in [-0.3, -0.25) is 14.4 Å². The van der Waals surface area contributed by atoms with Gasteiger partial charge in [-0.25, -0.2) is 4.79 Å². The maximum atomic E-state index is 12.0. The molecule has 3 amide bonds. The molecule has 10 nitrogen and oxygen atoms in total. The van der Waals surface area contributed by atoms with Gasteiger partial charge >= 0.3 is 5.97 Å². The fraction of sp³-hybridized carbons (Fsp3) is 0.714. The SMILES string of the molecule is CSCCC(NC(=O)CNC(=O)C(NC(=O)C(C)N)C(C)O)C(=O)O. The number of carbonyl (C=O) groups excluding carboxylic acids is 3. The number of amides is 3. The number of rotatable bonds is 11. The number of nitrogens with one attached hydrogen (secondary N) is 3. The van der Waals surface area contributed by atoms with Gasteiger partial charge in [-0.2, -0.15) is 11.8 Å². The molecule has 0 aromatic rings. The number of hydrogen-bond donors (Lipinski definition) is 6. The Labute approximate surface area is 150 Å². The van der Waals surface area contributed by atoms with Gasteiger partial charge in [-0.05, 0) is 32.3 Å². The lowest BCUT2D eigenvalue weighted by molar-refractivity contribution is -0.141. The Balaban J connectivity index is 4.59. The van der Waals surface area contributed by atoms with Crippen LogP contribution in [-0.4, -0.2) is 76.7 Å². The normalized spacial score (nSPS) is 15.4. The Hall–Kier alpha value is -1.85. The zero-order valence-electron chi connectivity index (χ0n) is 14.4. The lowest BCUT2D eigenvalue weighted by Crippen LogP contribution is -2.56. The van der Waals surface area contributed by atoms with Crippen molar-refractivity contribution < 1.29 is 29.4 Å². The summed E-state index contributed by atoms with van der Waals surface area (Å²) in [7, 11) is 0. The zero-order valence-corrected chi connectivity index (χ0v) is 15.3. The second-order valence-corrected chi connectivity index (χ2v) is 6.46. The van der Waals surface area contributed by atoms with Crippen molar-refractivity contribution in [3.63, 3.8) is 0 Å². The number of aliphatic carboxylic acids is 1. The molecule has 7 N–H and O–H groups in total. The minimum atomic E-state index is -1.28. The molecule has 0 spiro atoms. The van der Waals surface area contributed by atoms with E-state index in [-0.39, 0.29) is 6.42 Å². The van der Waals surface area contributed by atoms with E-state index in [9.17, 15) is 24.3 Å². The maximum absolute atomic E-state index is 12.0. The van der Waals surface area contributed by atoms with Crippen molar-refractivity contribution in [1.29, 1.82) is 0 Å². The first-order valence-electron chi connectivity index (χ1n) is 7.63. The summed E-state index contributed by atoms with van der Waals surface area (Å²) in [6, 6.07) is -3.20. The molecule has 144 valence electrons. The molecule has 0 aromatic heterocycles. The van der Waals surface area contributed by atoms with E-state index in [0.717, 1.165) is 0 Å². The summed E-state index contributed by atoms with van der Waals surface area (Å²) >= 11 is 1.45. The molecule has 0 aliphatic heterocycles. The van der Waals surface area contributed by atoms with Gasteiger partial charge in [0.25, 0.3) is 0 Å². The molecule has 0 aromatic carbocycles. The van der Waals surface area contributed by atoms with E-state index >= 15 is 0 Å². The van der Waals surface area contributed by atoms with Crippen LogP contribution >= 0.6 is 11.8 Å². The van der Waals surface area contributed by atoms with Gasteiger partial charge in [0, 0.05) is 0 Å².